The van der Waals surface area contributed by atoms with Gasteiger partial charge in [-0.25, -0.2) is 0 Å². The lowest BCUT2D eigenvalue weighted by atomic mass is 10.1. The number of hydrogen-bond donors (Lipinski definition) is 1. The quantitative estimate of drug-likeness (QED) is 0.825. The maximum Gasteiger partial charge on any atom is 0.0292 e. The predicted octanol–water partition coefficient (Wildman–Crippen LogP) is 3.46. The molecule has 0 spiro atoms. The van der Waals surface area contributed by atoms with E-state index in [1.807, 2.05) is 11.8 Å². The molecule has 0 saturated heterocycles. The number of halogens is 1. The van der Waals surface area contributed by atoms with Crippen LogP contribution in [0.4, 0.5) is 0 Å². The largest absolute Gasteiger partial charge is 0.309 e. The van der Waals surface area contributed by atoms with E-state index in [1.54, 1.807) is 0 Å². The molecule has 1 rings (SSSR count). The molecule has 0 radical (unpaired) electrons. The number of thioether (sulfide) groups is 1. The van der Waals surface area contributed by atoms with Gasteiger partial charge in [-0.1, -0.05) is 28.1 Å². The standard InChI is InChI=1S/C11H16BrNS/c1-9(13-7-8-14-2)10-3-5-11(12)6-4-10/h3-6,9,13H,7-8H2,1-2H3/t9-/m0/s1. The molecule has 1 nitrogen and oxygen atoms in total. The maximum atomic E-state index is 3.48. The molecule has 0 aliphatic heterocycles. The van der Waals surface area contributed by atoms with Crippen molar-refractivity contribution in [1.29, 1.82) is 0 Å². The third-order valence-corrected chi connectivity index (χ3v) is 3.27. The maximum absolute atomic E-state index is 3.48. The molecule has 3 heteroatoms. The molecule has 0 fully saturated rings. The second kappa shape index (κ2) is 6.49. The third-order valence-electron chi connectivity index (χ3n) is 2.13. The highest BCUT2D eigenvalue weighted by molar-refractivity contribution is 9.10. The molecule has 0 amide bonds. The molecular formula is C11H16BrNS. The first-order chi connectivity index (χ1) is 6.74. The molecule has 14 heavy (non-hydrogen) atoms. The van der Waals surface area contributed by atoms with E-state index in [2.05, 4.69) is 58.7 Å². The summed E-state index contributed by atoms with van der Waals surface area (Å²) in [7, 11) is 0. The summed E-state index contributed by atoms with van der Waals surface area (Å²) in [6.07, 6.45) is 2.13. The SMILES string of the molecule is CSCCN[C@@H](C)c1ccc(Br)cc1. The molecule has 0 heterocycles. The average Bonchev–Trinajstić information content (AvgIpc) is 2.19. The Morgan fingerprint density at radius 2 is 2.00 bits per heavy atom. The lowest BCUT2D eigenvalue weighted by Crippen LogP contribution is -2.21. The van der Waals surface area contributed by atoms with E-state index in [4.69, 9.17) is 0 Å². The van der Waals surface area contributed by atoms with Gasteiger partial charge in [0.1, 0.15) is 0 Å². The summed E-state index contributed by atoms with van der Waals surface area (Å²) in [6.45, 7) is 3.27. The van der Waals surface area contributed by atoms with E-state index in [1.165, 1.54) is 11.3 Å². The van der Waals surface area contributed by atoms with Gasteiger partial charge in [0.25, 0.3) is 0 Å². The Hall–Kier alpha value is 0.01000. The van der Waals surface area contributed by atoms with Crippen LogP contribution in [-0.2, 0) is 0 Å². The Balaban J connectivity index is 2.43. The van der Waals surface area contributed by atoms with Gasteiger partial charge in [-0.05, 0) is 30.9 Å². The lowest BCUT2D eigenvalue weighted by molar-refractivity contribution is 0.601. The molecule has 0 unspecified atom stereocenters. The summed E-state index contributed by atoms with van der Waals surface area (Å²) in [5, 5.41) is 3.48. The van der Waals surface area contributed by atoms with Gasteiger partial charge in [-0.2, -0.15) is 11.8 Å². The summed E-state index contributed by atoms with van der Waals surface area (Å²) in [5.41, 5.74) is 1.34. The van der Waals surface area contributed by atoms with Crippen LogP contribution in [0.15, 0.2) is 28.7 Å². The predicted molar refractivity (Wildman–Crippen MR) is 68.9 cm³/mol. The van der Waals surface area contributed by atoms with Crippen molar-refractivity contribution >= 4 is 27.7 Å². The average molecular weight is 274 g/mol. The molecule has 0 aliphatic rings. The number of nitrogens with one attached hydrogen (secondary N) is 1. The zero-order chi connectivity index (χ0) is 10.4. The first kappa shape index (κ1) is 12.1. The van der Waals surface area contributed by atoms with Crippen molar-refractivity contribution in [3.8, 4) is 0 Å². The Morgan fingerprint density at radius 1 is 1.36 bits per heavy atom. The fraction of sp³-hybridized carbons (Fsp3) is 0.455. The molecule has 1 aromatic rings. The Bertz CT molecular complexity index is 260. The molecule has 1 atom stereocenters. The van der Waals surface area contributed by atoms with Crippen LogP contribution in [0.1, 0.15) is 18.5 Å². The molecule has 0 aliphatic carbocycles. The fourth-order valence-corrected chi connectivity index (χ4v) is 1.83. The topological polar surface area (TPSA) is 12.0 Å². The van der Waals surface area contributed by atoms with E-state index in [9.17, 15) is 0 Å². The molecule has 0 bridgehead atoms. The van der Waals surface area contributed by atoms with Crippen molar-refractivity contribution in [3.63, 3.8) is 0 Å². The van der Waals surface area contributed by atoms with E-state index in [0.717, 1.165) is 11.0 Å². The Kier molecular flexibility index (Phi) is 5.60. The first-order valence-corrected chi connectivity index (χ1v) is 6.90. The summed E-state index contributed by atoms with van der Waals surface area (Å²) in [6, 6.07) is 8.92. The third kappa shape index (κ3) is 4.03. The second-order valence-electron chi connectivity index (χ2n) is 3.22. The van der Waals surface area contributed by atoms with Crippen molar-refractivity contribution in [2.45, 2.75) is 13.0 Å². The highest BCUT2D eigenvalue weighted by atomic mass is 79.9. The summed E-state index contributed by atoms with van der Waals surface area (Å²) < 4.78 is 1.14. The van der Waals surface area contributed by atoms with Crippen LogP contribution < -0.4 is 5.32 Å². The Labute approximate surface area is 98.8 Å². The Morgan fingerprint density at radius 3 is 2.57 bits per heavy atom. The van der Waals surface area contributed by atoms with Crippen LogP contribution >= 0.6 is 27.7 Å². The fourth-order valence-electron chi connectivity index (χ4n) is 1.25. The number of rotatable bonds is 5. The molecule has 0 saturated carbocycles. The van der Waals surface area contributed by atoms with Gasteiger partial charge in [0.2, 0.25) is 0 Å². The normalized spacial score (nSPS) is 12.8. The first-order valence-electron chi connectivity index (χ1n) is 4.72. The van der Waals surface area contributed by atoms with Crippen LogP contribution in [0.5, 0.6) is 0 Å². The van der Waals surface area contributed by atoms with Gasteiger partial charge in [0.05, 0.1) is 0 Å². The molecule has 78 valence electrons. The monoisotopic (exact) mass is 273 g/mol. The highest BCUT2D eigenvalue weighted by Gasteiger charge is 2.02. The lowest BCUT2D eigenvalue weighted by Gasteiger charge is -2.13. The van der Waals surface area contributed by atoms with Crippen molar-refractivity contribution in [2.24, 2.45) is 0 Å². The van der Waals surface area contributed by atoms with Gasteiger partial charge in [-0.15, -0.1) is 0 Å². The van der Waals surface area contributed by atoms with Crippen LogP contribution in [0.3, 0.4) is 0 Å². The van der Waals surface area contributed by atoms with Gasteiger partial charge >= 0.3 is 0 Å². The summed E-state index contributed by atoms with van der Waals surface area (Å²) >= 11 is 5.31. The molecular weight excluding hydrogens is 258 g/mol. The summed E-state index contributed by atoms with van der Waals surface area (Å²) in [5.74, 6) is 1.17. The number of hydrogen-bond acceptors (Lipinski definition) is 2. The number of benzene rings is 1. The van der Waals surface area contributed by atoms with Crippen molar-refractivity contribution in [3.05, 3.63) is 34.3 Å². The van der Waals surface area contributed by atoms with Crippen LogP contribution in [-0.4, -0.2) is 18.6 Å². The molecule has 1 N–H and O–H groups in total. The van der Waals surface area contributed by atoms with Gasteiger partial charge in [0.15, 0.2) is 0 Å². The zero-order valence-corrected chi connectivity index (χ0v) is 11.0. The van der Waals surface area contributed by atoms with Crippen LogP contribution in [0, 0.1) is 0 Å². The van der Waals surface area contributed by atoms with Crippen LogP contribution in [0.2, 0.25) is 0 Å². The highest BCUT2D eigenvalue weighted by Crippen LogP contribution is 2.16. The van der Waals surface area contributed by atoms with E-state index >= 15 is 0 Å². The summed E-state index contributed by atoms with van der Waals surface area (Å²) in [4.78, 5) is 0. The smallest absolute Gasteiger partial charge is 0.0292 e. The van der Waals surface area contributed by atoms with E-state index in [-0.39, 0.29) is 0 Å². The van der Waals surface area contributed by atoms with Gasteiger partial charge in [-0.3, -0.25) is 0 Å². The molecule has 0 aromatic heterocycles. The van der Waals surface area contributed by atoms with Crippen LogP contribution in [0.25, 0.3) is 0 Å². The zero-order valence-electron chi connectivity index (χ0n) is 8.59. The second-order valence-corrected chi connectivity index (χ2v) is 5.12. The minimum absolute atomic E-state index is 0.440. The van der Waals surface area contributed by atoms with Gasteiger partial charge in [0, 0.05) is 22.8 Å². The van der Waals surface area contributed by atoms with Crippen molar-refractivity contribution < 1.29 is 0 Å². The van der Waals surface area contributed by atoms with Gasteiger partial charge < -0.3 is 5.32 Å². The molecule has 1 aromatic carbocycles. The minimum Gasteiger partial charge on any atom is -0.309 e. The van der Waals surface area contributed by atoms with Crippen molar-refractivity contribution in [2.75, 3.05) is 18.6 Å². The van der Waals surface area contributed by atoms with Crippen molar-refractivity contribution in [1.82, 2.24) is 5.32 Å². The van der Waals surface area contributed by atoms with E-state index < -0.39 is 0 Å². The minimum atomic E-state index is 0.440. The van der Waals surface area contributed by atoms with E-state index in [0.29, 0.717) is 6.04 Å².